The van der Waals surface area contributed by atoms with Gasteiger partial charge >= 0.3 is 0 Å². The second-order valence-electron chi connectivity index (χ2n) is 5.20. The van der Waals surface area contributed by atoms with E-state index in [4.69, 9.17) is 0 Å². The van der Waals surface area contributed by atoms with E-state index in [0.29, 0.717) is 0 Å². The Morgan fingerprint density at radius 3 is 2.40 bits per heavy atom. The van der Waals surface area contributed by atoms with Gasteiger partial charge in [0.2, 0.25) is 0 Å². The number of likely N-dealkylation sites (N-methyl/N-ethyl adjacent to an activating group) is 1. The first kappa shape index (κ1) is 13.0. The lowest BCUT2D eigenvalue weighted by Crippen LogP contribution is -2.42. The average Bonchev–Trinajstić information content (AvgIpc) is 3.02. The van der Waals surface area contributed by atoms with Crippen LogP contribution in [0, 0.1) is 5.92 Å². The monoisotopic (exact) mass is 212 g/mol. The zero-order valence-corrected chi connectivity index (χ0v) is 10.9. The van der Waals surface area contributed by atoms with Crippen molar-refractivity contribution in [2.24, 2.45) is 5.92 Å². The van der Waals surface area contributed by atoms with Crippen LogP contribution in [-0.4, -0.2) is 37.1 Å². The smallest absolute Gasteiger partial charge is 0.0215 e. The summed E-state index contributed by atoms with van der Waals surface area (Å²) in [5.41, 5.74) is 0. The number of hydrogen-bond donors (Lipinski definition) is 1. The standard InChI is InChI=1S/C13H28N2/c1-5-11(3)10-15(4)13(6-2)9-14-12-7-8-12/h11-14H,5-10H2,1-4H3. The molecule has 0 aromatic rings. The van der Waals surface area contributed by atoms with Crippen LogP contribution < -0.4 is 5.32 Å². The van der Waals surface area contributed by atoms with Crippen molar-refractivity contribution in [3.8, 4) is 0 Å². The zero-order chi connectivity index (χ0) is 11.3. The highest BCUT2D eigenvalue weighted by molar-refractivity contribution is 4.83. The molecule has 0 amide bonds. The van der Waals surface area contributed by atoms with Crippen LogP contribution in [-0.2, 0) is 0 Å². The Kier molecular flexibility index (Phi) is 5.62. The molecule has 1 N–H and O–H groups in total. The summed E-state index contributed by atoms with van der Waals surface area (Å²) in [4.78, 5) is 2.53. The van der Waals surface area contributed by atoms with Gasteiger partial charge in [0.05, 0.1) is 0 Å². The van der Waals surface area contributed by atoms with E-state index >= 15 is 0 Å². The SMILES string of the molecule is CCC(C)CN(C)C(CC)CNC1CC1. The minimum Gasteiger partial charge on any atom is -0.312 e. The van der Waals surface area contributed by atoms with Gasteiger partial charge in [0.1, 0.15) is 0 Å². The molecular formula is C13H28N2. The maximum absolute atomic E-state index is 3.64. The third kappa shape index (κ3) is 4.98. The molecule has 0 heterocycles. The second kappa shape index (κ2) is 6.49. The summed E-state index contributed by atoms with van der Waals surface area (Å²) in [6, 6.07) is 1.57. The maximum atomic E-state index is 3.64. The molecular weight excluding hydrogens is 184 g/mol. The zero-order valence-electron chi connectivity index (χ0n) is 10.9. The lowest BCUT2D eigenvalue weighted by molar-refractivity contribution is 0.199. The van der Waals surface area contributed by atoms with E-state index in [1.807, 2.05) is 0 Å². The van der Waals surface area contributed by atoms with Crippen LogP contribution in [0.5, 0.6) is 0 Å². The van der Waals surface area contributed by atoms with Crippen LogP contribution in [0.4, 0.5) is 0 Å². The number of hydrogen-bond acceptors (Lipinski definition) is 2. The molecule has 1 rings (SSSR count). The number of rotatable bonds is 8. The average molecular weight is 212 g/mol. The summed E-state index contributed by atoms with van der Waals surface area (Å²) in [6.07, 6.45) is 5.33. The molecule has 0 radical (unpaired) electrons. The van der Waals surface area contributed by atoms with Crippen molar-refractivity contribution in [1.29, 1.82) is 0 Å². The van der Waals surface area contributed by atoms with Crippen LogP contribution in [0.25, 0.3) is 0 Å². The van der Waals surface area contributed by atoms with Gasteiger partial charge in [-0.3, -0.25) is 0 Å². The fraction of sp³-hybridized carbons (Fsp3) is 1.00. The van der Waals surface area contributed by atoms with Gasteiger partial charge < -0.3 is 10.2 Å². The van der Waals surface area contributed by atoms with Gasteiger partial charge in [0.25, 0.3) is 0 Å². The molecule has 2 heteroatoms. The van der Waals surface area contributed by atoms with E-state index in [2.05, 4.69) is 38.0 Å². The Morgan fingerprint density at radius 2 is 1.93 bits per heavy atom. The molecule has 1 aliphatic carbocycles. The summed E-state index contributed by atoms with van der Waals surface area (Å²) < 4.78 is 0. The summed E-state index contributed by atoms with van der Waals surface area (Å²) in [5, 5.41) is 3.64. The molecule has 1 fully saturated rings. The van der Waals surface area contributed by atoms with Crippen molar-refractivity contribution in [2.75, 3.05) is 20.1 Å². The van der Waals surface area contributed by atoms with Crippen LogP contribution in [0.15, 0.2) is 0 Å². The van der Waals surface area contributed by atoms with E-state index in [9.17, 15) is 0 Å². The van der Waals surface area contributed by atoms with Crippen molar-refractivity contribution < 1.29 is 0 Å². The van der Waals surface area contributed by atoms with E-state index in [0.717, 1.165) is 18.0 Å². The maximum Gasteiger partial charge on any atom is 0.0215 e. The Labute approximate surface area is 95.4 Å². The van der Waals surface area contributed by atoms with Crippen molar-refractivity contribution in [3.05, 3.63) is 0 Å². The molecule has 0 aliphatic heterocycles. The predicted molar refractivity (Wildman–Crippen MR) is 67.2 cm³/mol. The largest absolute Gasteiger partial charge is 0.312 e. The summed E-state index contributed by atoms with van der Waals surface area (Å²) >= 11 is 0. The minimum absolute atomic E-state index is 0.722. The normalized spacial score (nSPS) is 20.6. The van der Waals surface area contributed by atoms with Gasteiger partial charge in [-0.15, -0.1) is 0 Å². The molecule has 2 nitrogen and oxygen atoms in total. The minimum atomic E-state index is 0.722. The molecule has 1 saturated carbocycles. The van der Waals surface area contributed by atoms with Gasteiger partial charge in [0.15, 0.2) is 0 Å². The van der Waals surface area contributed by atoms with E-state index in [-0.39, 0.29) is 0 Å². The highest BCUT2D eigenvalue weighted by Gasteiger charge is 2.22. The van der Waals surface area contributed by atoms with E-state index in [1.165, 1.54) is 38.8 Å². The number of nitrogens with one attached hydrogen (secondary N) is 1. The summed E-state index contributed by atoms with van der Waals surface area (Å²) in [6.45, 7) is 9.33. The van der Waals surface area contributed by atoms with E-state index < -0.39 is 0 Å². The van der Waals surface area contributed by atoms with Crippen molar-refractivity contribution >= 4 is 0 Å². The van der Waals surface area contributed by atoms with Crippen molar-refractivity contribution in [3.63, 3.8) is 0 Å². The molecule has 0 aromatic heterocycles. The predicted octanol–water partition coefficient (Wildman–Crippen LogP) is 2.49. The fourth-order valence-electron chi connectivity index (χ4n) is 1.97. The van der Waals surface area contributed by atoms with Crippen LogP contribution in [0.1, 0.15) is 46.5 Å². The first-order chi connectivity index (χ1) is 7.17. The molecule has 90 valence electrons. The topological polar surface area (TPSA) is 15.3 Å². The lowest BCUT2D eigenvalue weighted by atomic mass is 10.1. The third-order valence-corrected chi connectivity index (χ3v) is 3.61. The summed E-state index contributed by atoms with van der Waals surface area (Å²) in [7, 11) is 2.27. The van der Waals surface area contributed by atoms with Gasteiger partial charge in [-0.05, 0) is 32.2 Å². The fourth-order valence-corrected chi connectivity index (χ4v) is 1.97. The molecule has 2 unspecified atom stereocenters. The quantitative estimate of drug-likeness (QED) is 0.665. The molecule has 1 aliphatic rings. The summed E-state index contributed by atoms with van der Waals surface area (Å²) in [5.74, 6) is 0.824. The van der Waals surface area contributed by atoms with Gasteiger partial charge in [-0.2, -0.15) is 0 Å². The Bertz CT molecular complexity index is 166. The third-order valence-electron chi connectivity index (χ3n) is 3.61. The Balaban J connectivity index is 2.21. The molecule has 0 aromatic carbocycles. The van der Waals surface area contributed by atoms with E-state index in [1.54, 1.807) is 0 Å². The van der Waals surface area contributed by atoms with Crippen LogP contribution >= 0.6 is 0 Å². The Hall–Kier alpha value is -0.0800. The first-order valence-electron chi connectivity index (χ1n) is 6.60. The molecule has 15 heavy (non-hydrogen) atoms. The van der Waals surface area contributed by atoms with Gasteiger partial charge in [0, 0.05) is 25.2 Å². The Morgan fingerprint density at radius 1 is 1.27 bits per heavy atom. The number of nitrogens with zero attached hydrogens (tertiary/aromatic N) is 1. The molecule has 0 bridgehead atoms. The lowest BCUT2D eigenvalue weighted by Gasteiger charge is -2.29. The molecule has 2 atom stereocenters. The van der Waals surface area contributed by atoms with Crippen molar-refractivity contribution in [1.82, 2.24) is 10.2 Å². The van der Waals surface area contributed by atoms with Crippen molar-refractivity contribution in [2.45, 2.75) is 58.5 Å². The van der Waals surface area contributed by atoms with Gasteiger partial charge in [-0.1, -0.05) is 27.2 Å². The van der Waals surface area contributed by atoms with Gasteiger partial charge in [-0.25, -0.2) is 0 Å². The highest BCUT2D eigenvalue weighted by atomic mass is 15.2. The van der Waals surface area contributed by atoms with Crippen LogP contribution in [0.2, 0.25) is 0 Å². The second-order valence-corrected chi connectivity index (χ2v) is 5.20. The molecule has 0 spiro atoms. The first-order valence-corrected chi connectivity index (χ1v) is 6.60. The highest BCUT2D eigenvalue weighted by Crippen LogP contribution is 2.19. The van der Waals surface area contributed by atoms with Crippen LogP contribution in [0.3, 0.4) is 0 Å². The molecule has 0 saturated heterocycles.